The van der Waals surface area contributed by atoms with E-state index < -0.39 is 35.7 Å². The Morgan fingerprint density at radius 1 is 1.36 bits per heavy atom. The molecule has 0 aliphatic carbocycles. The van der Waals surface area contributed by atoms with Crippen LogP contribution < -0.4 is 0 Å². The predicted octanol–water partition coefficient (Wildman–Crippen LogP) is 2.51. The van der Waals surface area contributed by atoms with Crippen LogP contribution in [0.3, 0.4) is 0 Å². The summed E-state index contributed by atoms with van der Waals surface area (Å²) in [6.45, 7) is 7.23. The highest BCUT2D eigenvalue weighted by Gasteiger charge is 2.59. The maximum absolute atomic E-state index is 12.7. The number of rotatable bonds is 5. The fraction of sp³-hybridized carbons (Fsp3) is 0.474. The number of hydrogen-bond acceptors (Lipinski definition) is 5. The van der Waals surface area contributed by atoms with Gasteiger partial charge in [-0.25, -0.2) is 9.59 Å². The summed E-state index contributed by atoms with van der Waals surface area (Å²) in [4.78, 5) is 26.3. The van der Waals surface area contributed by atoms with E-state index in [-0.39, 0.29) is 6.61 Å². The van der Waals surface area contributed by atoms with E-state index in [4.69, 9.17) is 9.47 Å². The number of esters is 1. The normalized spacial score (nSPS) is 28.5. The number of aliphatic hydroxyl groups excluding tert-OH is 1. The minimum atomic E-state index is -0.941. The standard InChI is InChI=1S/C19H25NO5/c1-5-11-19(3)15(17(22)24-4)20(13(2)16(19)21)18(23)25-12-14-9-7-6-8-10-14/h5-10,13,15-16,21H,1,11-12H2,2-4H3/t13-,15-,16+,19+/m1/s1. The topological polar surface area (TPSA) is 76.1 Å². The molecule has 6 heteroatoms. The molecule has 0 saturated carbocycles. The molecule has 1 fully saturated rings. The number of ether oxygens (including phenoxy) is 2. The van der Waals surface area contributed by atoms with Crippen molar-refractivity contribution in [3.8, 4) is 0 Å². The average Bonchev–Trinajstić information content (AvgIpc) is 2.81. The van der Waals surface area contributed by atoms with Gasteiger partial charge in [-0.2, -0.15) is 0 Å². The Kier molecular flexibility index (Phi) is 5.85. The first-order valence-corrected chi connectivity index (χ1v) is 8.22. The summed E-state index contributed by atoms with van der Waals surface area (Å²) in [5.74, 6) is -0.579. The Balaban J connectivity index is 2.24. The molecule has 1 N–H and O–H groups in total. The van der Waals surface area contributed by atoms with Gasteiger partial charge in [0.15, 0.2) is 0 Å². The van der Waals surface area contributed by atoms with Crippen molar-refractivity contribution in [1.29, 1.82) is 0 Å². The molecule has 1 saturated heterocycles. The molecule has 1 amide bonds. The zero-order valence-corrected chi connectivity index (χ0v) is 14.8. The molecule has 25 heavy (non-hydrogen) atoms. The summed E-state index contributed by atoms with van der Waals surface area (Å²) in [6, 6.07) is 7.73. The largest absolute Gasteiger partial charge is 0.467 e. The number of nitrogens with zero attached hydrogens (tertiary/aromatic N) is 1. The monoisotopic (exact) mass is 347 g/mol. The molecule has 1 aromatic carbocycles. The number of carbonyl (C=O) groups excluding carboxylic acids is 2. The molecule has 1 aromatic rings. The quantitative estimate of drug-likeness (QED) is 0.654. The number of amides is 1. The highest BCUT2D eigenvalue weighted by Crippen LogP contribution is 2.44. The lowest BCUT2D eigenvalue weighted by molar-refractivity contribution is -0.149. The van der Waals surface area contributed by atoms with Crippen LogP contribution in [0.2, 0.25) is 0 Å². The van der Waals surface area contributed by atoms with Crippen LogP contribution in [0.15, 0.2) is 43.0 Å². The van der Waals surface area contributed by atoms with Crippen LogP contribution in [-0.4, -0.2) is 47.4 Å². The number of allylic oxidation sites excluding steroid dienone is 1. The van der Waals surface area contributed by atoms with Crippen molar-refractivity contribution in [3.05, 3.63) is 48.6 Å². The van der Waals surface area contributed by atoms with Crippen LogP contribution in [0.5, 0.6) is 0 Å². The van der Waals surface area contributed by atoms with Crippen molar-refractivity contribution < 1.29 is 24.2 Å². The van der Waals surface area contributed by atoms with Crippen molar-refractivity contribution in [2.75, 3.05) is 7.11 Å². The van der Waals surface area contributed by atoms with Crippen molar-refractivity contribution in [3.63, 3.8) is 0 Å². The van der Waals surface area contributed by atoms with Gasteiger partial charge in [0.1, 0.15) is 12.6 Å². The molecule has 0 spiro atoms. The summed E-state index contributed by atoms with van der Waals surface area (Å²) in [7, 11) is 1.26. The van der Waals surface area contributed by atoms with Gasteiger partial charge in [0.05, 0.1) is 19.3 Å². The summed E-state index contributed by atoms with van der Waals surface area (Å²) in [5.41, 5.74) is -0.0493. The Labute approximate surface area is 148 Å². The number of benzene rings is 1. The molecule has 6 nitrogen and oxygen atoms in total. The summed E-state index contributed by atoms with van der Waals surface area (Å²) in [5, 5.41) is 10.7. The highest BCUT2D eigenvalue weighted by atomic mass is 16.6. The molecule has 1 aliphatic heterocycles. The molecule has 0 aromatic heterocycles. The maximum Gasteiger partial charge on any atom is 0.411 e. The van der Waals surface area contributed by atoms with Gasteiger partial charge >= 0.3 is 12.1 Å². The fourth-order valence-electron chi connectivity index (χ4n) is 3.52. The molecule has 1 aliphatic rings. The van der Waals surface area contributed by atoms with Crippen molar-refractivity contribution in [2.45, 2.75) is 45.1 Å². The lowest BCUT2D eigenvalue weighted by Crippen LogP contribution is -2.49. The van der Waals surface area contributed by atoms with Gasteiger partial charge in [-0.1, -0.05) is 43.3 Å². The van der Waals surface area contributed by atoms with Crippen LogP contribution in [0.25, 0.3) is 0 Å². The molecule has 0 bridgehead atoms. The summed E-state index contributed by atoms with van der Waals surface area (Å²) >= 11 is 0. The second-order valence-electron chi connectivity index (χ2n) is 6.56. The van der Waals surface area contributed by atoms with E-state index >= 15 is 0 Å². The van der Waals surface area contributed by atoms with Gasteiger partial charge in [-0.15, -0.1) is 6.58 Å². The number of methoxy groups -OCH3 is 1. The smallest absolute Gasteiger partial charge is 0.411 e. The van der Waals surface area contributed by atoms with E-state index in [0.29, 0.717) is 6.42 Å². The van der Waals surface area contributed by atoms with Crippen LogP contribution in [-0.2, 0) is 20.9 Å². The highest BCUT2D eigenvalue weighted by molar-refractivity contribution is 5.83. The Morgan fingerprint density at radius 2 is 2.00 bits per heavy atom. The van der Waals surface area contributed by atoms with Gasteiger partial charge in [-0.3, -0.25) is 4.90 Å². The second-order valence-corrected chi connectivity index (χ2v) is 6.56. The number of aliphatic hydroxyl groups is 1. The third kappa shape index (κ3) is 3.54. The second kappa shape index (κ2) is 7.70. The third-order valence-electron chi connectivity index (χ3n) is 4.90. The number of carbonyl (C=O) groups is 2. The fourth-order valence-corrected chi connectivity index (χ4v) is 3.52. The van der Waals surface area contributed by atoms with Crippen molar-refractivity contribution in [1.82, 2.24) is 4.90 Å². The third-order valence-corrected chi connectivity index (χ3v) is 4.90. The van der Waals surface area contributed by atoms with Crippen LogP contribution in [0.4, 0.5) is 4.79 Å². The molecule has 4 atom stereocenters. The molecule has 136 valence electrons. The zero-order chi connectivity index (χ0) is 18.6. The molecule has 2 rings (SSSR count). The van der Waals surface area contributed by atoms with Gasteiger partial charge < -0.3 is 14.6 Å². The first-order chi connectivity index (χ1) is 11.9. The summed E-state index contributed by atoms with van der Waals surface area (Å²) < 4.78 is 10.3. The predicted molar refractivity (Wildman–Crippen MR) is 92.7 cm³/mol. The van der Waals surface area contributed by atoms with E-state index in [0.717, 1.165) is 5.56 Å². The van der Waals surface area contributed by atoms with E-state index in [1.54, 1.807) is 19.9 Å². The number of likely N-dealkylation sites (tertiary alicyclic amines) is 1. The Morgan fingerprint density at radius 3 is 2.56 bits per heavy atom. The van der Waals surface area contributed by atoms with Crippen LogP contribution in [0.1, 0.15) is 25.8 Å². The maximum atomic E-state index is 12.7. The SMILES string of the molecule is C=CC[C@]1(C)[C@@H](O)[C@@H](C)N(C(=O)OCc2ccccc2)[C@@H]1C(=O)OC. The average molecular weight is 347 g/mol. The Hall–Kier alpha value is -2.34. The molecular formula is C19H25NO5. The van der Waals surface area contributed by atoms with E-state index in [1.165, 1.54) is 12.0 Å². The lowest BCUT2D eigenvalue weighted by Gasteiger charge is -2.33. The summed E-state index contributed by atoms with van der Waals surface area (Å²) in [6.07, 6.45) is 0.434. The molecule has 0 radical (unpaired) electrons. The van der Waals surface area contributed by atoms with Gasteiger partial charge in [0.2, 0.25) is 0 Å². The van der Waals surface area contributed by atoms with Crippen LogP contribution in [0, 0.1) is 5.41 Å². The minimum absolute atomic E-state index is 0.0883. The first-order valence-electron chi connectivity index (χ1n) is 8.22. The molecule has 1 heterocycles. The minimum Gasteiger partial charge on any atom is -0.467 e. The van der Waals surface area contributed by atoms with Gasteiger partial charge in [-0.05, 0) is 18.9 Å². The van der Waals surface area contributed by atoms with Crippen LogP contribution >= 0.6 is 0 Å². The lowest BCUT2D eigenvalue weighted by atomic mass is 9.76. The molecular weight excluding hydrogens is 322 g/mol. The van der Waals surface area contributed by atoms with E-state index in [2.05, 4.69) is 6.58 Å². The molecule has 0 unspecified atom stereocenters. The zero-order valence-electron chi connectivity index (χ0n) is 14.8. The number of hydrogen-bond donors (Lipinski definition) is 1. The van der Waals surface area contributed by atoms with E-state index in [9.17, 15) is 14.7 Å². The van der Waals surface area contributed by atoms with Crippen molar-refractivity contribution in [2.24, 2.45) is 5.41 Å². The van der Waals surface area contributed by atoms with Gasteiger partial charge in [0.25, 0.3) is 0 Å². The first kappa shape index (κ1) is 19.0. The van der Waals surface area contributed by atoms with Gasteiger partial charge in [0, 0.05) is 5.41 Å². The van der Waals surface area contributed by atoms with Crippen molar-refractivity contribution >= 4 is 12.1 Å². The Bertz CT molecular complexity index is 632. The van der Waals surface area contributed by atoms with E-state index in [1.807, 2.05) is 30.3 Å².